The van der Waals surface area contributed by atoms with Gasteiger partial charge in [0.15, 0.2) is 9.84 Å². The average molecular weight is 297 g/mol. The van der Waals surface area contributed by atoms with E-state index in [4.69, 9.17) is 10.00 Å². The molecule has 0 heterocycles. The fraction of sp³-hybridized carbons (Fsp3) is 0.385. The first-order chi connectivity index (χ1) is 9.48. The van der Waals surface area contributed by atoms with Gasteiger partial charge in [-0.2, -0.15) is 5.26 Å². The van der Waals surface area contributed by atoms with Gasteiger partial charge in [-0.05, 0) is 19.1 Å². The zero-order valence-corrected chi connectivity index (χ0v) is 11.9. The number of carbonyl (C=O) groups is 1. The van der Waals surface area contributed by atoms with E-state index in [0.29, 0.717) is 11.3 Å². The summed E-state index contributed by atoms with van der Waals surface area (Å²) < 4.78 is 33.1. The molecule has 1 rings (SSSR count). The summed E-state index contributed by atoms with van der Waals surface area (Å²) >= 11 is 0. The quantitative estimate of drug-likeness (QED) is 0.695. The maximum absolute atomic E-state index is 11.6. The molecule has 0 atom stereocenters. The Morgan fingerprint density at radius 2 is 2.05 bits per heavy atom. The zero-order chi connectivity index (χ0) is 15.0. The number of nitriles is 1. The Morgan fingerprint density at radius 3 is 2.70 bits per heavy atom. The predicted molar refractivity (Wildman–Crippen MR) is 71.9 cm³/mol. The molecule has 0 unspecified atom stereocenters. The molecule has 0 bridgehead atoms. The number of esters is 1. The predicted octanol–water partition coefficient (Wildman–Crippen LogP) is 0.915. The second-order valence-electron chi connectivity index (χ2n) is 3.85. The summed E-state index contributed by atoms with van der Waals surface area (Å²) in [6.45, 7) is 1.62. The molecule has 0 saturated heterocycles. The van der Waals surface area contributed by atoms with Crippen LogP contribution in [0.3, 0.4) is 0 Å². The van der Waals surface area contributed by atoms with Crippen molar-refractivity contribution in [3.8, 4) is 11.8 Å². The second kappa shape index (κ2) is 7.50. The van der Waals surface area contributed by atoms with Gasteiger partial charge in [-0.25, -0.2) is 8.42 Å². The summed E-state index contributed by atoms with van der Waals surface area (Å²) in [6.07, 6.45) is 0. The van der Waals surface area contributed by atoms with Gasteiger partial charge in [0, 0.05) is 0 Å². The molecular weight excluding hydrogens is 282 g/mol. The van der Waals surface area contributed by atoms with Crippen molar-refractivity contribution >= 4 is 15.8 Å². The topological polar surface area (TPSA) is 93.5 Å². The lowest BCUT2D eigenvalue weighted by Crippen LogP contribution is -2.24. The molecule has 0 spiro atoms. The van der Waals surface area contributed by atoms with Crippen LogP contribution in [0.5, 0.6) is 5.75 Å². The van der Waals surface area contributed by atoms with Crippen molar-refractivity contribution in [2.75, 3.05) is 24.7 Å². The summed E-state index contributed by atoms with van der Waals surface area (Å²) in [4.78, 5) is 11.1. The lowest BCUT2D eigenvalue weighted by atomic mass is 10.2. The van der Waals surface area contributed by atoms with E-state index in [9.17, 15) is 13.2 Å². The number of rotatable bonds is 7. The van der Waals surface area contributed by atoms with Gasteiger partial charge in [-0.1, -0.05) is 12.1 Å². The van der Waals surface area contributed by atoms with Crippen LogP contribution in [0.2, 0.25) is 0 Å². The van der Waals surface area contributed by atoms with E-state index in [1.165, 1.54) is 0 Å². The molecule has 0 aliphatic heterocycles. The van der Waals surface area contributed by atoms with Gasteiger partial charge in [-0.15, -0.1) is 0 Å². The second-order valence-corrected chi connectivity index (χ2v) is 6.04. The Kier molecular flexibility index (Phi) is 6.00. The third-order valence-corrected chi connectivity index (χ3v) is 3.77. The summed E-state index contributed by atoms with van der Waals surface area (Å²) in [5, 5.41) is 8.85. The lowest BCUT2D eigenvalue weighted by molar-refractivity contribution is -0.139. The first-order valence-corrected chi connectivity index (χ1v) is 7.78. The number of nitrogens with zero attached hydrogens (tertiary/aromatic N) is 1. The van der Waals surface area contributed by atoms with Crippen LogP contribution in [0, 0.1) is 11.3 Å². The normalized spacial score (nSPS) is 10.6. The van der Waals surface area contributed by atoms with Crippen molar-refractivity contribution in [2.24, 2.45) is 0 Å². The first kappa shape index (κ1) is 16.0. The lowest BCUT2D eigenvalue weighted by Gasteiger charge is -2.08. The van der Waals surface area contributed by atoms with Gasteiger partial charge in [0.2, 0.25) is 0 Å². The number of para-hydroxylation sites is 1. The summed E-state index contributed by atoms with van der Waals surface area (Å²) in [5.41, 5.74) is 0.329. The highest BCUT2D eigenvalue weighted by Crippen LogP contribution is 2.16. The Labute approximate surface area is 117 Å². The highest BCUT2D eigenvalue weighted by molar-refractivity contribution is 7.92. The van der Waals surface area contributed by atoms with E-state index in [1.807, 2.05) is 6.07 Å². The molecule has 0 aliphatic rings. The van der Waals surface area contributed by atoms with E-state index in [-0.39, 0.29) is 19.0 Å². The van der Waals surface area contributed by atoms with Crippen molar-refractivity contribution < 1.29 is 22.7 Å². The molecule has 6 nitrogen and oxygen atoms in total. The number of sulfone groups is 1. The Balaban J connectivity index is 2.51. The van der Waals surface area contributed by atoms with E-state index in [2.05, 4.69) is 4.74 Å². The molecule has 108 valence electrons. The van der Waals surface area contributed by atoms with Gasteiger partial charge in [0.05, 0.1) is 17.9 Å². The van der Waals surface area contributed by atoms with Gasteiger partial charge in [0.25, 0.3) is 0 Å². The van der Waals surface area contributed by atoms with Crippen molar-refractivity contribution in [2.45, 2.75) is 6.92 Å². The number of carbonyl (C=O) groups excluding carboxylic acids is 1. The number of benzene rings is 1. The monoisotopic (exact) mass is 297 g/mol. The largest absolute Gasteiger partial charge is 0.491 e. The third-order valence-electron chi connectivity index (χ3n) is 2.30. The maximum Gasteiger partial charge on any atom is 0.321 e. The van der Waals surface area contributed by atoms with Crippen LogP contribution in [-0.2, 0) is 19.4 Å². The van der Waals surface area contributed by atoms with Gasteiger partial charge < -0.3 is 9.47 Å². The fourth-order valence-electron chi connectivity index (χ4n) is 1.42. The smallest absolute Gasteiger partial charge is 0.321 e. The molecular formula is C13H15NO5S. The molecule has 0 saturated carbocycles. The van der Waals surface area contributed by atoms with E-state index in [0.717, 1.165) is 0 Å². The molecule has 7 heteroatoms. The van der Waals surface area contributed by atoms with Crippen LogP contribution in [0.15, 0.2) is 24.3 Å². The molecule has 0 aliphatic carbocycles. The minimum absolute atomic E-state index is 0.125. The van der Waals surface area contributed by atoms with Crippen LogP contribution in [0.1, 0.15) is 12.5 Å². The maximum atomic E-state index is 11.6. The molecule has 0 fully saturated rings. The molecule has 0 amide bonds. The highest BCUT2D eigenvalue weighted by Gasteiger charge is 2.17. The van der Waals surface area contributed by atoms with Crippen LogP contribution >= 0.6 is 0 Å². The highest BCUT2D eigenvalue weighted by atomic mass is 32.2. The molecule has 1 aromatic carbocycles. The molecule has 20 heavy (non-hydrogen) atoms. The van der Waals surface area contributed by atoms with Crippen molar-refractivity contribution in [1.82, 2.24) is 0 Å². The standard InChI is InChI=1S/C13H15NO5S/c1-2-18-13(15)10-20(16,17)8-7-19-12-6-4-3-5-11(12)9-14/h3-6H,2,7-8,10H2,1H3. The Hall–Kier alpha value is -2.07. The zero-order valence-electron chi connectivity index (χ0n) is 11.0. The molecule has 0 aromatic heterocycles. The number of hydrogen-bond acceptors (Lipinski definition) is 6. The van der Waals surface area contributed by atoms with Crippen molar-refractivity contribution in [1.29, 1.82) is 5.26 Å². The number of ether oxygens (including phenoxy) is 2. The van der Waals surface area contributed by atoms with Crippen LogP contribution in [-0.4, -0.2) is 39.1 Å². The van der Waals surface area contributed by atoms with E-state index in [1.54, 1.807) is 31.2 Å². The third kappa shape index (κ3) is 5.28. The fourth-order valence-corrected chi connectivity index (χ4v) is 2.34. The van der Waals surface area contributed by atoms with E-state index < -0.39 is 21.6 Å². The summed E-state index contributed by atoms with van der Waals surface area (Å²) in [5.74, 6) is -1.43. The molecule has 0 N–H and O–H groups in total. The summed E-state index contributed by atoms with van der Waals surface area (Å²) in [7, 11) is -3.58. The van der Waals surface area contributed by atoms with Crippen LogP contribution in [0.25, 0.3) is 0 Å². The van der Waals surface area contributed by atoms with Crippen LogP contribution < -0.4 is 4.74 Å². The van der Waals surface area contributed by atoms with Gasteiger partial charge >= 0.3 is 5.97 Å². The minimum atomic E-state index is -3.58. The Morgan fingerprint density at radius 1 is 1.35 bits per heavy atom. The van der Waals surface area contributed by atoms with E-state index >= 15 is 0 Å². The van der Waals surface area contributed by atoms with Crippen LogP contribution in [0.4, 0.5) is 0 Å². The SMILES string of the molecule is CCOC(=O)CS(=O)(=O)CCOc1ccccc1C#N. The van der Waals surface area contributed by atoms with Gasteiger partial charge in [0.1, 0.15) is 24.2 Å². The van der Waals surface area contributed by atoms with Crippen molar-refractivity contribution in [3.05, 3.63) is 29.8 Å². The molecule has 0 radical (unpaired) electrons. The van der Waals surface area contributed by atoms with Gasteiger partial charge in [-0.3, -0.25) is 4.79 Å². The number of hydrogen-bond donors (Lipinski definition) is 0. The summed E-state index contributed by atoms with van der Waals surface area (Å²) in [6, 6.07) is 8.46. The Bertz CT molecular complexity index is 603. The van der Waals surface area contributed by atoms with Crippen molar-refractivity contribution in [3.63, 3.8) is 0 Å². The average Bonchev–Trinajstić information content (AvgIpc) is 2.38. The molecule has 1 aromatic rings. The minimum Gasteiger partial charge on any atom is -0.491 e. The first-order valence-electron chi connectivity index (χ1n) is 5.96.